The van der Waals surface area contributed by atoms with Crippen LogP contribution in [0, 0.1) is 0 Å². The van der Waals surface area contributed by atoms with Gasteiger partial charge in [0.1, 0.15) is 0 Å². The Balaban J connectivity index is 1.43. The first kappa shape index (κ1) is 16.4. The second-order valence-electron chi connectivity index (χ2n) is 6.53. The molecule has 2 atom stereocenters. The monoisotopic (exact) mass is 318 g/mol. The van der Waals surface area contributed by atoms with Crippen molar-refractivity contribution in [3.05, 3.63) is 24.5 Å². The average molecular weight is 318 g/mol. The lowest BCUT2D eigenvalue weighted by Crippen LogP contribution is -2.45. The first-order valence-electron chi connectivity index (χ1n) is 8.57. The largest absolute Gasteiger partial charge is 0.390 e. The summed E-state index contributed by atoms with van der Waals surface area (Å²) in [5.41, 5.74) is 0.727. The molecule has 1 aromatic rings. The zero-order valence-electron chi connectivity index (χ0n) is 13.5. The summed E-state index contributed by atoms with van der Waals surface area (Å²) in [6.07, 6.45) is 7.24. The third-order valence-corrected chi connectivity index (χ3v) is 4.79. The molecule has 3 heterocycles. The maximum absolute atomic E-state index is 12.0. The summed E-state index contributed by atoms with van der Waals surface area (Å²) in [6.45, 7) is 4.41. The number of β-amino-alcohol motifs (C(OH)–C–C–N with tert-alkyl or cyclic N) is 1. The molecule has 1 amide bonds. The number of hydrogen-bond acceptors (Lipinski definition) is 5. The summed E-state index contributed by atoms with van der Waals surface area (Å²) in [5.74, 6) is -0.00564. The van der Waals surface area contributed by atoms with Gasteiger partial charge in [0.25, 0.3) is 0 Å². The van der Waals surface area contributed by atoms with E-state index in [0.717, 1.165) is 25.3 Å². The maximum Gasteiger partial charge on any atom is 0.225 e. The van der Waals surface area contributed by atoms with Gasteiger partial charge in [0.2, 0.25) is 5.91 Å². The highest BCUT2D eigenvalue weighted by atomic mass is 16.3. The Morgan fingerprint density at radius 1 is 1.30 bits per heavy atom. The Morgan fingerprint density at radius 3 is 2.87 bits per heavy atom. The van der Waals surface area contributed by atoms with Crippen LogP contribution in [0.15, 0.2) is 24.5 Å². The molecule has 0 unspecified atom stereocenters. The molecule has 2 saturated heterocycles. The van der Waals surface area contributed by atoms with E-state index in [0.29, 0.717) is 19.5 Å². The molecule has 2 aliphatic heterocycles. The van der Waals surface area contributed by atoms with Crippen molar-refractivity contribution in [1.29, 1.82) is 0 Å². The number of carbonyl (C=O) groups excluding carboxylic acids is 1. The zero-order chi connectivity index (χ0) is 16.1. The van der Waals surface area contributed by atoms with Gasteiger partial charge in [-0.15, -0.1) is 0 Å². The molecule has 126 valence electrons. The van der Waals surface area contributed by atoms with E-state index in [1.54, 1.807) is 18.5 Å². The molecule has 0 radical (unpaired) electrons. The molecular weight excluding hydrogens is 292 g/mol. The van der Waals surface area contributed by atoms with Crippen LogP contribution in [0.1, 0.15) is 25.7 Å². The molecule has 0 bridgehead atoms. The second kappa shape index (κ2) is 7.86. The number of nitrogens with one attached hydrogen (secondary N) is 1. The third kappa shape index (κ3) is 4.50. The van der Waals surface area contributed by atoms with Gasteiger partial charge in [0.15, 0.2) is 0 Å². The van der Waals surface area contributed by atoms with Crippen LogP contribution in [0.2, 0.25) is 0 Å². The van der Waals surface area contributed by atoms with Crippen LogP contribution in [0.25, 0.3) is 0 Å². The van der Waals surface area contributed by atoms with Gasteiger partial charge in [0.05, 0.1) is 18.0 Å². The number of nitrogens with zero attached hydrogens (tertiary/aromatic N) is 3. The van der Waals surface area contributed by atoms with Crippen LogP contribution in [0.5, 0.6) is 0 Å². The van der Waals surface area contributed by atoms with E-state index in [9.17, 15) is 9.90 Å². The van der Waals surface area contributed by atoms with Crippen molar-refractivity contribution in [1.82, 2.24) is 14.8 Å². The highest BCUT2D eigenvalue weighted by Gasteiger charge is 2.35. The Bertz CT molecular complexity index is 505. The number of aromatic nitrogens is 1. The van der Waals surface area contributed by atoms with Gasteiger partial charge < -0.3 is 10.4 Å². The lowest BCUT2D eigenvalue weighted by molar-refractivity contribution is -0.116. The van der Waals surface area contributed by atoms with Gasteiger partial charge in [0, 0.05) is 38.3 Å². The van der Waals surface area contributed by atoms with Crippen LogP contribution < -0.4 is 5.32 Å². The van der Waals surface area contributed by atoms with Crippen LogP contribution in [-0.4, -0.2) is 70.7 Å². The van der Waals surface area contributed by atoms with Crippen molar-refractivity contribution < 1.29 is 9.90 Å². The third-order valence-electron chi connectivity index (χ3n) is 4.79. The van der Waals surface area contributed by atoms with E-state index in [1.165, 1.54) is 19.3 Å². The fourth-order valence-corrected chi connectivity index (χ4v) is 3.56. The first-order valence-corrected chi connectivity index (χ1v) is 8.57. The van der Waals surface area contributed by atoms with Crippen LogP contribution in [0.3, 0.4) is 0 Å². The molecule has 0 spiro atoms. The average Bonchev–Trinajstić information content (AvgIpc) is 2.96. The summed E-state index contributed by atoms with van der Waals surface area (Å²) in [7, 11) is 0. The number of rotatable bonds is 5. The minimum absolute atomic E-state index is 0.00564. The quantitative estimate of drug-likeness (QED) is 0.846. The van der Waals surface area contributed by atoms with E-state index >= 15 is 0 Å². The van der Waals surface area contributed by atoms with Crippen molar-refractivity contribution >= 4 is 11.6 Å². The van der Waals surface area contributed by atoms with E-state index < -0.39 is 0 Å². The zero-order valence-corrected chi connectivity index (χ0v) is 13.5. The molecular formula is C17H26N4O2. The molecule has 1 aromatic heterocycles. The standard InChI is InChI=1S/C17H26N4O2/c22-16-13-20(12-15(16)21-8-2-1-3-9-21)10-6-17(23)19-14-5-4-7-18-11-14/h4-5,7,11,15-16,22H,1-3,6,8-10,12-13H2,(H,19,23)/t15-,16-/m1/s1. The predicted octanol–water partition coefficient (Wildman–Crippen LogP) is 0.941. The van der Waals surface area contributed by atoms with Crippen molar-refractivity contribution in [2.75, 3.05) is 38.0 Å². The lowest BCUT2D eigenvalue weighted by Gasteiger charge is -2.33. The molecule has 6 nitrogen and oxygen atoms in total. The van der Waals surface area contributed by atoms with Crippen LogP contribution >= 0.6 is 0 Å². The summed E-state index contributed by atoms with van der Waals surface area (Å²) >= 11 is 0. The molecule has 2 fully saturated rings. The number of anilines is 1. The number of amides is 1. The predicted molar refractivity (Wildman–Crippen MR) is 89.1 cm³/mol. The van der Waals surface area contributed by atoms with Gasteiger partial charge >= 0.3 is 0 Å². The van der Waals surface area contributed by atoms with Crippen molar-refractivity contribution in [3.63, 3.8) is 0 Å². The minimum Gasteiger partial charge on any atom is -0.390 e. The number of carbonyl (C=O) groups is 1. The van der Waals surface area contributed by atoms with Crippen molar-refractivity contribution in [2.24, 2.45) is 0 Å². The molecule has 2 N–H and O–H groups in total. The molecule has 0 aromatic carbocycles. The van der Waals surface area contributed by atoms with Gasteiger partial charge in [-0.1, -0.05) is 6.42 Å². The number of aliphatic hydroxyl groups excluding tert-OH is 1. The Labute approximate surface area is 137 Å². The minimum atomic E-state index is -0.297. The van der Waals surface area contributed by atoms with Gasteiger partial charge in [-0.05, 0) is 38.1 Å². The fraction of sp³-hybridized carbons (Fsp3) is 0.647. The van der Waals surface area contributed by atoms with Gasteiger partial charge in [-0.3, -0.25) is 19.6 Å². The van der Waals surface area contributed by atoms with Gasteiger partial charge in [-0.25, -0.2) is 0 Å². The molecule has 3 rings (SSSR count). The number of piperidine rings is 1. The van der Waals surface area contributed by atoms with E-state index in [1.807, 2.05) is 6.07 Å². The lowest BCUT2D eigenvalue weighted by atomic mass is 10.1. The second-order valence-corrected chi connectivity index (χ2v) is 6.53. The smallest absolute Gasteiger partial charge is 0.225 e. The fourth-order valence-electron chi connectivity index (χ4n) is 3.56. The number of likely N-dealkylation sites (tertiary alicyclic amines) is 2. The SMILES string of the molecule is O=C(CCN1C[C@@H](O)[C@H](N2CCCCC2)C1)Nc1cccnc1. The maximum atomic E-state index is 12.0. The highest BCUT2D eigenvalue weighted by molar-refractivity contribution is 5.90. The molecule has 23 heavy (non-hydrogen) atoms. The summed E-state index contributed by atoms with van der Waals surface area (Å²) in [5, 5.41) is 13.2. The molecule has 0 aliphatic carbocycles. The van der Waals surface area contributed by atoms with Gasteiger partial charge in [-0.2, -0.15) is 0 Å². The Kier molecular flexibility index (Phi) is 5.59. The summed E-state index contributed by atoms with van der Waals surface area (Å²) in [4.78, 5) is 20.6. The topological polar surface area (TPSA) is 68.7 Å². The number of hydrogen-bond donors (Lipinski definition) is 2. The summed E-state index contributed by atoms with van der Waals surface area (Å²) < 4.78 is 0. The van der Waals surface area contributed by atoms with Crippen molar-refractivity contribution in [3.8, 4) is 0 Å². The Hall–Kier alpha value is -1.50. The van der Waals surface area contributed by atoms with E-state index in [2.05, 4.69) is 20.1 Å². The Morgan fingerprint density at radius 2 is 2.13 bits per heavy atom. The molecule has 6 heteroatoms. The van der Waals surface area contributed by atoms with Crippen LogP contribution in [-0.2, 0) is 4.79 Å². The molecule has 2 aliphatic rings. The van der Waals surface area contributed by atoms with Crippen molar-refractivity contribution in [2.45, 2.75) is 37.8 Å². The normalized spacial score (nSPS) is 26.3. The van der Waals surface area contributed by atoms with E-state index in [-0.39, 0.29) is 18.1 Å². The first-order chi connectivity index (χ1) is 11.2. The van der Waals surface area contributed by atoms with Crippen LogP contribution in [0.4, 0.5) is 5.69 Å². The number of aliphatic hydroxyl groups is 1. The summed E-state index contributed by atoms with van der Waals surface area (Å²) in [6, 6.07) is 3.86. The number of pyridine rings is 1. The van der Waals surface area contributed by atoms with E-state index in [4.69, 9.17) is 0 Å². The highest BCUT2D eigenvalue weighted by Crippen LogP contribution is 2.20. The molecule has 0 saturated carbocycles.